The van der Waals surface area contributed by atoms with E-state index in [2.05, 4.69) is 22.6 Å². The maximum absolute atomic E-state index is 12.2. The predicted molar refractivity (Wildman–Crippen MR) is 83.4 cm³/mol. The van der Waals surface area contributed by atoms with Gasteiger partial charge in [0.25, 0.3) is 0 Å². The number of carbonyl (C=O) groups excluding carboxylic acids is 1. The number of ketones is 1. The van der Waals surface area contributed by atoms with Crippen LogP contribution in [-0.4, -0.2) is 5.78 Å². The van der Waals surface area contributed by atoms with Crippen molar-refractivity contribution in [3.05, 3.63) is 67.7 Å². The minimum Gasteiger partial charge on any atom is -0.294 e. The number of hydrogen-bond acceptors (Lipinski definition) is 1. The van der Waals surface area contributed by atoms with Gasteiger partial charge in [0.2, 0.25) is 0 Å². The Kier molecular flexibility index (Phi) is 4.40. The molecule has 0 amide bonds. The van der Waals surface area contributed by atoms with Crippen LogP contribution in [0.4, 0.5) is 0 Å². The van der Waals surface area contributed by atoms with Gasteiger partial charge in [0.05, 0.1) is 0 Å². The highest BCUT2D eigenvalue weighted by Crippen LogP contribution is 2.19. The SMILES string of the molecule is Cc1cccc(C(=O)Cc2ccc(Cl)cc2)c1I. The van der Waals surface area contributed by atoms with E-state index in [1.165, 1.54) is 0 Å². The molecule has 2 aromatic carbocycles. The van der Waals surface area contributed by atoms with Crippen LogP contribution in [0.25, 0.3) is 0 Å². The molecule has 0 atom stereocenters. The van der Waals surface area contributed by atoms with Crippen LogP contribution in [0.2, 0.25) is 5.02 Å². The van der Waals surface area contributed by atoms with E-state index in [0.717, 1.165) is 20.3 Å². The first-order chi connectivity index (χ1) is 8.58. The molecule has 2 rings (SSSR count). The van der Waals surface area contributed by atoms with Crippen molar-refractivity contribution in [2.75, 3.05) is 0 Å². The van der Waals surface area contributed by atoms with Crippen LogP contribution in [0.1, 0.15) is 21.5 Å². The molecule has 0 aliphatic heterocycles. The van der Waals surface area contributed by atoms with Crippen molar-refractivity contribution in [1.29, 1.82) is 0 Å². The third kappa shape index (κ3) is 3.12. The second kappa shape index (κ2) is 5.85. The summed E-state index contributed by atoms with van der Waals surface area (Å²) in [4.78, 5) is 12.2. The molecule has 0 spiro atoms. The summed E-state index contributed by atoms with van der Waals surface area (Å²) in [6, 6.07) is 13.2. The van der Waals surface area contributed by atoms with Gasteiger partial charge in [-0.3, -0.25) is 4.79 Å². The van der Waals surface area contributed by atoms with E-state index in [0.29, 0.717) is 11.4 Å². The zero-order chi connectivity index (χ0) is 13.1. The van der Waals surface area contributed by atoms with E-state index in [1.54, 1.807) is 0 Å². The third-order valence-corrected chi connectivity index (χ3v) is 4.45. The zero-order valence-electron chi connectivity index (χ0n) is 9.91. The first kappa shape index (κ1) is 13.6. The number of rotatable bonds is 3. The Morgan fingerprint density at radius 2 is 1.83 bits per heavy atom. The molecule has 0 radical (unpaired) electrons. The van der Waals surface area contributed by atoms with Crippen LogP contribution in [0.5, 0.6) is 0 Å². The molecule has 0 aliphatic rings. The normalized spacial score (nSPS) is 10.4. The molecule has 0 aromatic heterocycles. The molecule has 0 heterocycles. The quantitative estimate of drug-likeness (QED) is 0.566. The fourth-order valence-electron chi connectivity index (χ4n) is 1.75. The van der Waals surface area contributed by atoms with E-state index in [9.17, 15) is 4.79 Å². The zero-order valence-corrected chi connectivity index (χ0v) is 12.8. The monoisotopic (exact) mass is 370 g/mol. The van der Waals surface area contributed by atoms with Crippen LogP contribution in [0.15, 0.2) is 42.5 Å². The van der Waals surface area contributed by atoms with E-state index in [-0.39, 0.29) is 5.78 Å². The van der Waals surface area contributed by atoms with E-state index in [1.807, 2.05) is 49.4 Å². The fraction of sp³-hybridized carbons (Fsp3) is 0.133. The van der Waals surface area contributed by atoms with Crippen LogP contribution in [-0.2, 0) is 6.42 Å². The standard InChI is InChI=1S/C15H12ClIO/c1-10-3-2-4-13(15(10)17)14(18)9-11-5-7-12(16)8-6-11/h2-8H,9H2,1H3. The van der Waals surface area contributed by atoms with Crippen molar-refractivity contribution in [2.24, 2.45) is 0 Å². The molecular formula is C15H12ClIO. The molecule has 92 valence electrons. The fourth-order valence-corrected chi connectivity index (χ4v) is 2.53. The smallest absolute Gasteiger partial charge is 0.168 e. The van der Waals surface area contributed by atoms with Crippen molar-refractivity contribution in [3.8, 4) is 0 Å². The summed E-state index contributed by atoms with van der Waals surface area (Å²) < 4.78 is 1.04. The maximum atomic E-state index is 12.2. The molecule has 0 aliphatic carbocycles. The molecule has 3 heteroatoms. The average Bonchev–Trinajstić information content (AvgIpc) is 2.35. The van der Waals surface area contributed by atoms with Gasteiger partial charge in [-0.25, -0.2) is 0 Å². The Morgan fingerprint density at radius 3 is 2.50 bits per heavy atom. The minimum absolute atomic E-state index is 0.144. The second-order valence-electron chi connectivity index (χ2n) is 4.16. The highest BCUT2D eigenvalue weighted by Gasteiger charge is 2.11. The highest BCUT2D eigenvalue weighted by molar-refractivity contribution is 14.1. The van der Waals surface area contributed by atoms with Crippen molar-refractivity contribution in [1.82, 2.24) is 0 Å². The number of hydrogen-bond donors (Lipinski definition) is 0. The van der Waals surface area contributed by atoms with Crippen molar-refractivity contribution in [3.63, 3.8) is 0 Å². The summed E-state index contributed by atoms with van der Waals surface area (Å²) in [5.74, 6) is 0.144. The predicted octanol–water partition coefficient (Wildman–Crippen LogP) is 4.68. The van der Waals surface area contributed by atoms with Gasteiger partial charge in [0, 0.05) is 20.6 Å². The first-order valence-corrected chi connectivity index (χ1v) is 7.06. The van der Waals surface area contributed by atoms with Crippen LogP contribution in [0.3, 0.4) is 0 Å². The van der Waals surface area contributed by atoms with Gasteiger partial charge >= 0.3 is 0 Å². The lowest BCUT2D eigenvalue weighted by Gasteiger charge is -2.06. The Balaban J connectivity index is 2.22. The lowest BCUT2D eigenvalue weighted by molar-refractivity contribution is 0.0992. The minimum atomic E-state index is 0.144. The first-order valence-electron chi connectivity index (χ1n) is 5.60. The molecular weight excluding hydrogens is 359 g/mol. The summed E-state index contributed by atoms with van der Waals surface area (Å²) in [6.45, 7) is 2.01. The molecule has 0 fully saturated rings. The molecule has 18 heavy (non-hydrogen) atoms. The maximum Gasteiger partial charge on any atom is 0.168 e. The number of halogens is 2. The van der Waals surface area contributed by atoms with Crippen LogP contribution < -0.4 is 0 Å². The molecule has 0 saturated carbocycles. The van der Waals surface area contributed by atoms with Gasteiger partial charge in [0.1, 0.15) is 0 Å². The Labute approximate surface area is 125 Å². The third-order valence-electron chi connectivity index (χ3n) is 2.77. The van der Waals surface area contributed by atoms with Crippen LogP contribution in [0, 0.1) is 10.5 Å². The number of Topliss-reactive ketones (excluding diaryl/α,β-unsaturated/α-hetero) is 1. The van der Waals surface area contributed by atoms with Gasteiger partial charge in [0.15, 0.2) is 5.78 Å². The average molecular weight is 371 g/mol. The summed E-state index contributed by atoms with van der Waals surface area (Å²) in [5.41, 5.74) is 2.92. The van der Waals surface area contributed by atoms with Crippen molar-refractivity contribution in [2.45, 2.75) is 13.3 Å². The van der Waals surface area contributed by atoms with Crippen molar-refractivity contribution >= 4 is 40.0 Å². The van der Waals surface area contributed by atoms with Gasteiger partial charge in [-0.15, -0.1) is 0 Å². The molecule has 0 bridgehead atoms. The second-order valence-corrected chi connectivity index (χ2v) is 5.68. The van der Waals surface area contributed by atoms with E-state index < -0.39 is 0 Å². The van der Waals surface area contributed by atoms with Gasteiger partial charge < -0.3 is 0 Å². The van der Waals surface area contributed by atoms with Crippen molar-refractivity contribution < 1.29 is 4.79 Å². The topological polar surface area (TPSA) is 17.1 Å². The largest absolute Gasteiger partial charge is 0.294 e. The summed E-state index contributed by atoms with van der Waals surface area (Å²) in [5, 5.41) is 0.691. The molecule has 0 saturated heterocycles. The molecule has 1 nitrogen and oxygen atoms in total. The van der Waals surface area contributed by atoms with Gasteiger partial charge in [-0.2, -0.15) is 0 Å². The number of aryl methyl sites for hydroxylation is 1. The molecule has 0 unspecified atom stereocenters. The van der Waals surface area contributed by atoms with Gasteiger partial charge in [-0.1, -0.05) is 41.9 Å². The van der Waals surface area contributed by atoms with E-state index in [4.69, 9.17) is 11.6 Å². The summed E-state index contributed by atoms with van der Waals surface area (Å²) >= 11 is 8.05. The number of benzene rings is 2. The summed E-state index contributed by atoms with van der Waals surface area (Å²) in [7, 11) is 0. The highest BCUT2D eigenvalue weighted by atomic mass is 127. The van der Waals surface area contributed by atoms with Gasteiger partial charge in [-0.05, 0) is 52.8 Å². The van der Waals surface area contributed by atoms with Crippen LogP contribution >= 0.6 is 34.2 Å². The van der Waals surface area contributed by atoms with E-state index >= 15 is 0 Å². The Morgan fingerprint density at radius 1 is 1.17 bits per heavy atom. The Bertz CT molecular complexity index is 576. The lowest BCUT2D eigenvalue weighted by Crippen LogP contribution is -2.06. The lowest BCUT2D eigenvalue weighted by atomic mass is 10.0. The Hall–Kier alpha value is -0.870. The molecule has 0 N–H and O–H groups in total. The number of carbonyl (C=O) groups is 1. The molecule has 2 aromatic rings. The summed E-state index contributed by atoms with van der Waals surface area (Å²) in [6.07, 6.45) is 0.413.